The van der Waals surface area contributed by atoms with Gasteiger partial charge in [-0.15, -0.1) is 0 Å². The number of aromatic nitrogens is 2. The minimum atomic E-state index is 0.536. The molecule has 4 nitrogen and oxygen atoms in total. The van der Waals surface area contributed by atoms with Crippen LogP contribution in [0.5, 0.6) is 11.6 Å². The summed E-state index contributed by atoms with van der Waals surface area (Å²) < 4.78 is 5.87. The van der Waals surface area contributed by atoms with Crippen LogP contribution in [0, 0.1) is 0 Å². The molecule has 5 heteroatoms. The van der Waals surface area contributed by atoms with Crippen molar-refractivity contribution < 1.29 is 4.74 Å². The first kappa shape index (κ1) is 13.7. The Morgan fingerprint density at radius 3 is 2.57 bits per heavy atom. The quantitative estimate of drug-likeness (QED) is 0.578. The Hall–Kier alpha value is -2.27. The molecule has 0 amide bonds. The van der Waals surface area contributed by atoms with Crippen LogP contribution in [0.1, 0.15) is 0 Å². The zero-order valence-electron chi connectivity index (χ0n) is 11.8. The van der Waals surface area contributed by atoms with Gasteiger partial charge in [-0.05, 0) is 29.2 Å². The van der Waals surface area contributed by atoms with Crippen LogP contribution >= 0.6 is 11.8 Å². The molecular formula is C16H15N3OS. The van der Waals surface area contributed by atoms with Crippen LogP contribution in [0.3, 0.4) is 0 Å². The van der Waals surface area contributed by atoms with E-state index >= 15 is 0 Å². The van der Waals surface area contributed by atoms with Crippen LogP contribution in [0.2, 0.25) is 0 Å². The molecule has 0 bridgehead atoms. The number of hydrogen-bond acceptors (Lipinski definition) is 5. The molecule has 1 N–H and O–H groups in total. The highest BCUT2D eigenvalue weighted by Gasteiger charge is 2.06. The third kappa shape index (κ3) is 3.08. The lowest BCUT2D eigenvalue weighted by atomic mass is 10.1. The van der Waals surface area contributed by atoms with E-state index in [2.05, 4.69) is 27.4 Å². The van der Waals surface area contributed by atoms with E-state index in [0.717, 1.165) is 17.0 Å². The highest BCUT2D eigenvalue weighted by Crippen LogP contribution is 2.26. The summed E-state index contributed by atoms with van der Waals surface area (Å²) in [5.41, 5.74) is 0. The summed E-state index contributed by atoms with van der Waals surface area (Å²) in [6, 6.07) is 16.0. The fourth-order valence-corrected chi connectivity index (χ4v) is 2.40. The molecule has 0 atom stereocenters. The van der Waals surface area contributed by atoms with Crippen molar-refractivity contribution in [2.75, 3.05) is 18.6 Å². The van der Waals surface area contributed by atoms with E-state index in [9.17, 15) is 0 Å². The van der Waals surface area contributed by atoms with Gasteiger partial charge in [-0.2, -0.15) is 4.98 Å². The van der Waals surface area contributed by atoms with Gasteiger partial charge < -0.3 is 10.1 Å². The fourth-order valence-electron chi connectivity index (χ4n) is 2.03. The summed E-state index contributed by atoms with van der Waals surface area (Å²) in [7, 11) is 1.83. The van der Waals surface area contributed by atoms with Crippen molar-refractivity contribution in [3.05, 3.63) is 48.5 Å². The Balaban J connectivity index is 1.94. The van der Waals surface area contributed by atoms with Gasteiger partial charge in [0.25, 0.3) is 0 Å². The zero-order valence-corrected chi connectivity index (χ0v) is 12.6. The maximum atomic E-state index is 5.87. The van der Waals surface area contributed by atoms with Gasteiger partial charge in [0.1, 0.15) is 11.6 Å². The predicted octanol–water partition coefficient (Wildman–Crippen LogP) is 4.19. The first-order valence-electron chi connectivity index (χ1n) is 6.56. The molecule has 106 valence electrons. The molecule has 3 aromatic rings. The number of hydrogen-bond donors (Lipinski definition) is 1. The van der Waals surface area contributed by atoms with Crippen LogP contribution in [-0.4, -0.2) is 23.3 Å². The molecule has 3 rings (SSSR count). The molecule has 0 unspecified atom stereocenters. The van der Waals surface area contributed by atoms with E-state index < -0.39 is 0 Å². The molecule has 0 saturated carbocycles. The van der Waals surface area contributed by atoms with Crippen molar-refractivity contribution >= 4 is 28.4 Å². The molecule has 0 saturated heterocycles. The van der Waals surface area contributed by atoms with Crippen molar-refractivity contribution in [2.45, 2.75) is 5.16 Å². The summed E-state index contributed by atoms with van der Waals surface area (Å²) in [6.07, 6.45) is 1.94. The van der Waals surface area contributed by atoms with Crippen LogP contribution in [0.4, 0.5) is 5.82 Å². The Morgan fingerprint density at radius 1 is 1.00 bits per heavy atom. The molecule has 0 radical (unpaired) electrons. The number of thioether (sulfide) groups is 1. The molecule has 2 aromatic carbocycles. The number of fused-ring (bicyclic) bond motifs is 1. The van der Waals surface area contributed by atoms with E-state index in [4.69, 9.17) is 4.74 Å². The summed E-state index contributed by atoms with van der Waals surface area (Å²) >= 11 is 1.48. The number of benzene rings is 2. The van der Waals surface area contributed by atoms with E-state index in [0.29, 0.717) is 11.0 Å². The highest BCUT2D eigenvalue weighted by molar-refractivity contribution is 7.98. The van der Waals surface area contributed by atoms with Gasteiger partial charge in [-0.1, -0.05) is 42.1 Å². The minimum absolute atomic E-state index is 0.536. The number of anilines is 1. The minimum Gasteiger partial charge on any atom is -0.439 e. The number of nitrogens with one attached hydrogen (secondary N) is 1. The largest absolute Gasteiger partial charge is 0.439 e. The molecule has 0 fully saturated rings. The van der Waals surface area contributed by atoms with Crippen molar-refractivity contribution in [3.63, 3.8) is 0 Å². The average Bonchev–Trinajstić information content (AvgIpc) is 2.54. The molecule has 0 aliphatic rings. The van der Waals surface area contributed by atoms with Gasteiger partial charge in [0, 0.05) is 13.1 Å². The maximum absolute atomic E-state index is 5.87. The second kappa shape index (κ2) is 6.01. The smallest absolute Gasteiger partial charge is 0.225 e. The van der Waals surface area contributed by atoms with Gasteiger partial charge in [-0.25, -0.2) is 4.98 Å². The molecule has 0 aliphatic heterocycles. The Kier molecular flexibility index (Phi) is 3.92. The standard InChI is InChI=1S/C16H15N3OS/c1-17-14-10-15(19-16(18-14)21-2)20-13-8-7-11-5-3-4-6-12(11)9-13/h3-10H,1-2H3,(H,17,18,19). The van der Waals surface area contributed by atoms with Gasteiger partial charge in [-0.3, -0.25) is 0 Å². The third-order valence-electron chi connectivity index (χ3n) is 3.06. The molecule has 0 aliphatic carbocycles. The Morgan fingerprint density at radius 2 is 1.81 bits per heavy atom. The molecule has 0 spiro atoms. The predicted molar refractivity (Wildman–Crippen MR) is 87.4 cm³/mol. The van der Waals surface area contributed by atoms with Crippen LogP contribution in [-0.2, 0) is 0 Å². The summed E-state index contributed by atoms with van der Waals surface area (Å²) in [5.74, 6) is 2.04. The van der Waals surface area contributed by atoms with Crippen molar-refractivity contribution in [3.8, 4) is 11.6 Å². The van der Waals surface area contributed by atoms with E-state index in [1.807, 2.05) is 43.6 Å². The summed E-state index contributed by atoms with van der Waals surface area (Å²) in [4.78, 5) is 8.69. The first-order chi connectivity index (χ1) is 10.3. The Bertz CT molecular complexity index is 754. The van der Waals surface area contributed by atoms with E-state index in [1.54, 1.807) is 6.07 Å². The van der Waals surface area contributed by atoms with Crippen molar-refractivity contribution in [2.24, 2.45) is 0 Å². The third-order valence-corrected chi connectivity index (χ3v) is 3.61. The monoisotopic (exact) mass is 297 g/mol. The average molecular weight is 297 g/mol. The van der Waals surface area contributed by atoms with Gasteiger partial charge >= 0.3 is 0 Å². The summed E-state index contributed by atoms with van der Waals surface area (Å²) in [5, 5.41) is 6.02. The topological polar surface area (TPSA) is 47.0 Å². The lowest BCUT2D eigenvalue weighted by Gasteiger charge is -2.08. The molecular weight excluding hydrogens is 282 g/mol. The van der Waals surface area contributed by atoms with Crippen LogP contribution in [0.15, 0.2) is 53.7 Å². The van der Waals surface area contributed by atoms with Crippen molar-refractivity contribution in [1.82, 2.24) is 9.97 Å². The maximum Gasteiger partial charge on any atom is 0.225 e. The van der Waals surface area contributed by atoms with Gasteiger partial charge in [0.05, 0.1) is 0 Å². The van der Waals surface area contributed by atoms with E-state index in [1.165, 1.54) is 17.1 Å². The SMILES string of the molecule is CNc1cc(Oc2ccc3ccccc3c2)nc(SC)n1. The molecule has 1 aromatic heterocycles. The van der Waals surface area contributed by atoms with Gasteiger partial charge in [0.15, 0.2) is 5.16 Å². The van der Waals surface area contributed by atoms with Crippen molar-refractivity contribution in [1.29, 1.82) is 0 Å². The zero-order chi connectivity index (χ0) is 14.7. The second-order valence-corrected chi connectivity index (χ2v) is 5.21. The number of nitrogens with zero attached hydrogens (tertiary/aromatic N) is 2. The van der Waals surface area contributed by atoms with Crippen LogP contribution < -0.4 is 10.1 Å². The number of rotatable bonds is 4. The highest BCUT2D eigenvalue weighted by atomic mass is 32.2. The summed E-state index contributed by atoms with van der Waals surface area (Å²) in [6.45, 7) is 0. The van der Waals surface area contributed by atoms with Gasteiger partial charge in [0.2, 0.25) is 5.88 Å². The lowest BCUT2D eigenvalue weighted by molar-refractivity contribution is 0.457. The second-order valence-electron chi connectivity index (χ2n) is 4.44. The normalized spacial score (nSPS) is 10.6. The van der Waals surface area contributed by atoms with E-state index in [-0.39, 0.29) is 0 Å². The first-order valence-corrected chi connectivity index (χ1v) is 7.78. The fraction of sp³-hybridized carbons (Fsp3) is 0.125. The van der Waals surface area contributed by atoms with Crippen LogP contribution in [0.25, 0.3) is 10.8 Å². The number of ether oxygens (including phenoxy) is 1. The molecule has 21 heavy (non-hydrogen) atoms. The lowest BCUT2D eigenvalue weighted by Crippen LogP contribution is -1.98. The molecule has 1 heterocycles. The Labute approximate surface area is 127 Å².